The first-order chi connectivity index (χ1) is 15.7. The second-order valence-electron chi connectivity index (χ2n) is 8.03. The highest BCUT2D eigenvalue weighted by molar-refractivity contribution is 7.21. The fourth-order valence-corrected chi connectivity index (χ4v) is 5.24. The number of aliphatic imine (C=N–C) groups is 1. The third-order valence-corrected chi connectivity index (χ3v) is 6.88. The van der Waals surface area contributed by atoms with Gasteiger partial charge in [0, 0.05) is 17.3 Å². The lowest BCUT2D eigenvalue weighted by Gasteiger charge is -2.08. The van der Waals surface area contributed by atoms with Crippen molar-refractivity contribution in [2.24, 2.45) is 4.99 Å². The molecule has 6 aromatic rings. The molecule has 0 radical (unpaired) electrons. The first-order valence-corrected chi connectivity index (χ1v) is 11.5. The molecule has 0 saturated carbocycles. The van der Waals surface area contributed by atoms with E-state index in [-0.39, 0.29) is 0 Å². The van der Waals surface area contributed by atoms with Crippen molar-refractivity contribution in [3.8, 4) is 10.6 Å². The van der Waals surface area contributed by atoms with Crippen LogP contribution in [-0.4, -0.2) is 11.2 Å². The second kappa shape index (κ2) is 7.70. The van der Waals surface area contributed by atoms with Crippen LogP contribution in [0.2, 0.25) is 0 Å². The number of aryl methyl sites for hydroxylation is 1. The van der Waals surface area contributed by atoms with E-state index >= 15 is 0 Å². The summed E-state index contributed by atoms with van der Waals surface area (Å²) in [6.07, 6.45) is 2.00. The minimum absolute atomic E-state index is 0.933. The molecule has 6 rings (SSSR count). The minimum atomic E-state index is 0.933. The number of thiazole rings is 1. The summed E-state index contributed by atoms with van der Waals surface area (Å²) in [6.45, 7) is 2.12. The molecule has 32 heavy (non-hydrogen) atoms. The van der Waals surface area contributed by atoms with E-state index in [2.05, 4.69) is 104 Å². The zero-order valence-electron chi connectivity index (χ0n) is 17.6. The Morgan fingerprint density at radius 1 is 0.750 bits per heavy atom. The van der Waals surface area contributed by atoms with E-state index in [1.54, 1.807) is 11.3 Å². The number of benzene rings is 5. The molecule has 0 atom stereocenters. The SMILES string of the molecule is Cc1ccc2nc(-c3ccc(N=Cc4c5ccccc5cc5ccccc45)cc3)sc2c1. The Hall–Kier alpha value is -3.82. The summed E-state index contributed by atoms with van der Waals surface area (Å²) in [6, 6.07) is 34.0. The molecule has 1 heterocycles. The fourth-order valence-electron chi connectivity index (χ4n) is 4.17. The average molecular weight is 429 g/mol. The summed E-state index contributed by atoms with van der Waals surface area (Å²) < 4.78 is 1.23. The Morgan fingerprint density at radius 3 is 2.16 bits per heavy atom. The Bertz CT molecular complexity index is 1570. The van der Waals surface area contributed by atoms with Crippen molar-refractivity contribution < 1.29 is 0 Å². The van der Waals surface area contributed by atoms with Crippen molar-refractivity contribution in [1.29, 1.82) is 0 Å². The molecule has 0 fully saturated rings. The van der Waals surface area contributed by atoms with E-state index in [4.69, 9.17) is 9.98 Å². The standard InChI is InChI=1S/C29H20N2S/c1-19-10-15-27-28(16-19)32-29(31-27)20-11-13-23(14-12-20)30-18-26-24-8-4-2-6-21(24)17-22-7-3-5-9-25(22)26/h2-18H,1H3. The van der Waals surface area contributed by atoms with Gasteiger partial charge in [-0.2, -0.15) is 0 Å². The molecule has 0 aliphatic carbocycles. The van der Waals surface area contributed by atoms with Gasteiger partial charge in [-0.3, -0.25) is 4.99 Å². The Kier molecular flexibility index (Phi) is 4.55. The molecule has 5 aromatic carbocycles. The maximum Gasteiger partial charge on any atom is 0.124 e. The third-order valence-electron chi connectivity index (χ3n) is 5.81. The topological polar surface area (TPSA) is 25.2 Å². The molecule has 152 valence electrons. The zero-order chi connectivity index (χ0) is 21.5. The summed E-state index contributed by atoms with van der Waals surface area (Å²) in [5, 5.41) is 5.94. The summed E-state index contributed by atoms with van der Waals surface area (Å²) in [4.78, 5) is 9.62. The van der Waals surface area contributed by atoms with Crippen molar-refractivity contribution >= 4 is 55.0 Å². The molecule has 0 bridgehead atoms. The van der Waals surface area contributed by atoms with Gasteiger partial charge in [-0.05, 0) is 76.5 Å². The van der Waals surface area contributed by atoms with E-state index in [1.165, 1.54) is 31.8 Å². The molecule has 0 aliphatic rings. The lowest BCUT2D eigenvalue weighted by molar-refractivity contribution is 1.45. The van der Waals surface area contributed by atoms with E-state index < -0.39 is 0 Å². The molecule has 0 amide bonds. The Labute approximate surface area is 190 Å². The van der Waals surface area contributed by atoms with Crippen LogP contribution >= 0.6 is 11.3 Å². The van der Waals surface area contributed by atoms with Gasteiger partial charge < -0.3 is 0 Å². The lowest BCUT2D eigenvalue weighted by Crippen LogP contribution is -1.88. The van der Waals surface area contributed by atoms with Crippen LogP contribution in [0.4, 0.5) is 5.69 Å². The van der Waals surface area contributed by atoms with Gasteiger partial charge in [0.25, 0.3) is 0 Å². The molecule has 0 aliphatic heterocycles. The number of hydrogen-bond donors (Lipinski definition) is 0. The van der Waals surface area contributed by atoms with Crippen LogP contribution in [0.1, 0.15) is 11.1 Å². The minimum Gasteiger partial charge on any atom is -0.256 e. The van der Waals surface area contributed by atoms with Gasteiger partial charge in [0.2, 0.25) is 0 Å². The zero-order valence-corrected chi connectivity index (χ0v) is 18.4. The van der Waals surface area contributed by atoms with Crippen molar-refractivity contribution in [2.75, 3.05) is 0 Å². The predicted octanol–water partition coefficient (Wildman–Crippen LogP) is 8.33. The van der Waals surface area contributed by atoms with Crippen LogP contribution < -0.4 is 0 Å². The summed E-state index contributed by atoms with van der Waals surface area (Å²) in [5.41, 5.74) is 5.53. The number of nitrogens with zero attached hydrogens (tertiary/aromatic N) is 2. The lowest BCUT2D eigenvalue weighted by atomic mass is 9.97. The van der Waals surface area contributed by atoms with Crippen molar-refractivity contribution in [1.82, 2.24) is 4.98 Å². The highest BCUT2D eigenvalue weighted by atomic mass is 32.1. The van der Waals surface area contributed by atoms with Crippen LogP contribution in [-0.2, 0) is 0 Å². The van der Waals surface area contributed by atoms with Crippen LogP contribution in [0.25, 0.3) is 42.3 Å². The molecule has 0 N–H and O–H groups in total. The highest BCUT2D eigenvalue weighted by Gasteiger charge is 2.07. The largest absolute Gasteiger partial charge is 0.256 e. The summed E-state index contributed by atoms with van der Waals surface area (Å²) in [7, 11) is 0. The molecule has 0 unspecified atom stereocenters. The Balaban J connectivity index is 1.37. The van der Waals surface area contributed by atoms with E-state index in [1.807, 2.05) is 6.21 Å². The average Bonchev–Trinajstić information content (AvgIpc) is 3.25. The van der Waals surface area contributed by atoms with Crippen LogP contribution in [0.15, 0.2) is 102 Å². The maximum absolute atomic E-state index is 4.82. The number of hydrogen-bond acceptors (Lipinski definition) is 3. The molecule has 2 nitrogen and oxygen atoms in total. The van der Waals surface area contributed by atoms with Gasteiger partial charge >= 0.3 is 0 Å². The summed E-state index contributed by atoms with van der Waals surface area (Å²) >= 11 is 1.73. The van der Waals surface area contributed by atoms with Gasteiger partial charge in [-0.1, -0.05) is 54.6 Å². The van der Waals surface area contributed by atoms with Crippen LogP contribution in [0, 0.1) is 6.92 Å². The number of rotatable bonds is 3. The predicted molar refractivity (Wildman–Crippen MR) is 139 cm³/mol. The summed E-state index contributed by atoms with van der Waals surface area (Å²) in [5.74, 6) is 0. The van der Waals surface area contributed by atoms with Gasteiger partial charge in [-0.15, -0.1) is 11.3 Å². The molecular formula is C29H20N2S. The normalized spacial score (nSPS) is 11.8. The molecular weight excluding hydrogens is 408 g/mol. The number of fused-ring (bicyclic) bond motifs is 3. The smallest absolute Gasteiger partial charge is 0.124 e. The van der Waals surface area contributed by atoms with Gasteiger partial charge in [0.05, 0.1) is 15.9 Å². The van der Waals surface area contributed by atoms with Gasteiger partial charge in [0.15, 0.2) is 0 Å². The van der Waals surface area contributed by atoms with Crippen molar-refractivity contribution in [2.45, 2.75) is 6.92 Å². The van der Waals surface area contributed by atoms with E-state index in [0.717, 1.165) is 27.3 Å². The van der Waals surface area contributed by atoms with Crippen LogP contribution in [0.3, 0.4) is 0 Å². The van der Waals surface area contributed by atoms with E-state index in [9.17, 15) is 0 Å². The first-order valence-electron chi connectivity index (χ1n) is 10.7. The molecule has 0 saturated heterocycles. The quantitative estimate of drug-likeness (QED) is 0.205. The Morgan fingerprint density at radius 2 is 1.44 bits per heavy atom. The van der Waals surface area contributed by atoms with Gasteiger partial charge in [0.1, 0.15) is 5.01 Å². The van der Waals surface area contributed by atoms with Gasteiger partial charge in [-0.25, -0.2) is 4.98 Å². The monoisotopic (exact) mass is 428 g/mol. The first kappa shape index (κ1) is 18.9. The number of aromatic nitrogens is 1. The van der Waals surface area contributed by atoms with Crippen molar-refractivity contribution in [3.63, 3.8) is 0 Å². The highest BCUT2D eigenvalue weighted by Crippen LogP contribution is 2.32. The van der Waals surface area contributed by atoms with Crippen LogP contribution in [0.5, 0.6) is 0 Å². The molecule has 1 aromatic heterocycles. The maximum atomic E-state index is 4.82. The van der Waals surface area contributed by atoms with Crippen molar-refractivity contribution in [3.05, 3.63) is 108 Å². The third kappa shape index (κ3) is 3.37. The second-order valence-corrected chi connectivity index (χ2v) is 9.06. The molecule has 0 spiro atoms. The fraction of sp³-hybridized carbons (Fsp3) is 0.0345. The van der Waals surface area contributed by atoms with E-state index in [0.29, 0.717) is 0 Å². The molecule has 3 heteroatoms.